The number of carbonyl (C=O) groups is 1. The van der Waals surface area contributed by atoms with Gasteiger partial charge < -0.3 is 15.6 Å². The summed E-state index contributed by atoms with van der Waals surface area (Å²) in [5.41, 5.74) is 1.04. The Balaban J connectivity index is 2.89. The quantitative estimate of drug-likeness (QED) is 0.295. The van der Waals surface area contributed by atoms with Crippen molar-refractivity contribution in [2.45, 2.75) is 6.42 Å². The Morgan fingerprint density at radius 2 is 2.14 bits per heavy atom. The Bertz CT molecular complexity index is 536. The van der Waals surface area contributed by atoms with E-state index < -0.39 is 22.3 Å². The summed E-state index contributed by atoms with van der Waals surface area (Å²) in [6, 6.07) is 1.69. The van der Waals surface area contributed by atoms with Crippen LogP contribution in [0.4, 0.5) is 15.8 Å². The second-order valence-electron chi connectivity index (χ2n) is 4.66. The van der Waals surface area contributed by atoms with Crippen LogP contribution < -0.4 is 16.6 Å². The molecule has 0 bridgehead atoms. The number of hydrogen-bond acceptors (Lipinski definition) is 6. The number of nitrogens with two attached hydrogens (primary N) is 1. The average molecular weight is 299 g/mol. The summed E-state index contributed by atoms with van der Waals surface area (Å²) in [7, 11) is 3.79. The van der Waals surface area contributed by atoms with Gasteiger partial charge in [0.1, 0.15) is 5.56 Å². The molecule has 8 nitrogen and oxygen atoms in total. The van der Waals surface area contributed by atoms with Gasteiger partial charge in [0, 0.05) is 6.54 Å². The minimum Gasteiger partial charge on any atom is -0.352 e. The maximum atomic E-state index is 13.5. The van der Waals surface area contributed by atoms with Gasteiger partial charge in [0.15, 0.2) is 5.82 Å². The number of hydrogen-bond donors (Lipinski definition) is 3. The van der Waals surface area contributed by atoms with Gasteiger partial charge in [-0.2, -0.15) is 0 Å². The highest BCUT2D eigenvalue weighted by atomic mass is 19.1. The zero-order valence-corrected chi connectivity index (χ0v) is 11.9. The summed E-state index contributed by atoms with van der Waals surface area (Å²) < 4.78 is 13.5. The molecule has 1 amide bonds. The van der Waals surface area contributed by atoms with Crippen molar-refractivity contribution >= 4 is 17.3 Å². The van der Waals surface area contributed by atoms with E-state index in [0.717, 1.165) is 12.6 Å². The van der Waals surface area contributed by atoms with E-state index in [-0.39, 0.29) is 11.3 Å². The highest BCUT2D eigenvalue weighted by Gasteiger charge is 2.23. The second kappa shape index (κ2) is 7.50. The average Bonchev–Trinajstić information content (AvgIpc) is 2.42. The zero-order valence-electron chi connectivity index (χ0n) is 11.9. The Morgan fingerprint density at radius 1 is 1.48 bits per heavy atom. The van der Waals surface area contributed by atoms with Crippen molar-refractivity contribution in [3.05, 3.63) is 33.6 Å². The first kappa shape index (κ1) is 16.8. The van der Waals surface area contributed by atoms with E-state index in [0.29, 0.717) is 19.0 Å². The molecule has 0 heterocycles. The van der Waals surface area contributed by atoms with Crippen LogP contribution in [0.15, 0.2) is 12.1 Å². The fraction of sp³-hybridized carbons (Fsp3) is 0.417. The molecule has 1 aromatic carbocycles. The molecule has 0 aliphatic heterocycles. The molecule has 1 rings (SSSR count). The number of carbonyl (C=O) groups excluding carboxylic acids is 1. The van der Waals surface area contributed by atoms with Crippen molar-refractivity contribution in [2.75, 3.05) is 32.6 Å². The fourth-order valence-electron chi connectivity index (χ4n) is 1.70. The van der Waals surface area contributed by atoms with Crippen molar-refractivity contribution in [3.8, 4) is 0 Å². The van der Waals surface area contributed by atoms with E-state index in [1.54, 1.807) is 0 Å². The highest BCUT2D eigenvalue weighted by Crippen LogP contribution is 2.25. The van der Waals surface area contributed by atoms with Gasteiger partial charge >= 0.3 is 0 Å². The molecule has 0 saturated carbocycles. The molecule has 0 radical (unpaired) electrons. The van der Waals surface area contributed by atoms with Crippen LogP contribution in [0.2, 0.25) is 0 Å². The van der Waals surface area contributed by atoms with Crippen LogP contribution in [0.3, 0.4) is 0 Å². The molecule has 0 fully saturated rings. The van der Waals surface area contributed by atoms with Gasteiger partial charge in [0.2, 0.25) is 0 Å². The second-order valence-corrected chi connectivity index (χ2v) is 4.66. The smallest absolute Gasteiger partial charge is 0.285 e. The van der Waals surface area contributed by atoms with Crippen molar-refractivity contribution < 1.29 is 14.1 Å². The number of hydrazine groups is 1. The van der Waals surface area contributed by atoms with Crippen LogP contribution in [-0.2, 0) is 0 Å². The summed E-state index contributed by atoms with van der Waals surface area (Å²) >= 11 is 0. The molecular weight excluding hydrogens is 281 g/mol. The normalized spacial score (nSPS) is 10.5. The lowest BCUT2D eigenvalue weighted by Crippen LogP contribution is -2.28. The molecule has 0 unspecified atom stereocenters. The number of rotatable bonds is 7. The summed E-state index contributed by atoms with van der Waals surface area (Å²) in [5.74, 6) is 3.57. The molecule has 116 valence electrons. The number of nitrogens with zero attached hydrogens (tertiary/aromatic N) is 2. The van der Waals surface area contributed by atoms with E-state index >= 15 is 0 Å². The van der Waals surface area contributed by atoms with Crippen molar-refractivity contribution in [1.29, 1.82) is 0 Å². The summed E-state index contributed by atoms with van der Waals surface area (Å²) in [4.78, 5) is 24.0. The topological polar surface area (TPSA) is 114 Å². The lowest BCUT2D eigenvalue weighted by molar-refractivity contribution is -0.385. The fourth-order valence-corrected chi connectivity index (χ4v) is 1.70. The van der Waals surface area contributed by atoms with Gasteiger partial charge in [-0.1, -0.05) is 0 Å². The lowest BCUT2D eigenvalue weighted by Gasteiger charge is -2.11. The van der Waals surface area contributed by atoms with Crippen LogP contribution in [0.5, 0.6) is 0 Å². The van der Waals surface area contributed by atoms with Gasteiger partial charge in [-0.25, -0.2) is 4.39 Å². The summed E-state index contributed by atoms with van der Waals surface area (Å²) in [5, 5.41) is 13.5. The number of amides is 1. The van der Waals surface area contributed by atoms with E-state index in [4.69, 9.17) is 5.84 Å². The van der Waals surface area contributed by atoms with Gasteiger partial charge in [0.05, 0.1) is 16.7 Å². The lowest BCUT2D eigenvalue weighted by atomic mass is 10.1. The molecule has 0 aliphatic rings. The minimum atomic E-state index is -0.895. The minimum absolute atomic E-state index is 0.181. The zero-order chi connectivity index (χ0) is 16.0. The summed E-state index contributed by atoms with van der Waals surface area (Å²) in [6.07, 6.45) is 0.690. The molecule has 0 atom stereocenters. The third-order valence-electron chi connectivity index (χ3n) is 2.75. The van der Waals surface area contributed by atoms with Crippen molar-refractivity contribution in [1.82, 2.24) is 10.2 Å². The Kier molecular flexibility index (Phi) is 6.00. The van der Waals surface area contributed by atoms with Crippen LogP contribution in [0.25, 0.3) is 0 Å². The monoisotopic (exact) mass is 299 g/mol. The summed E-state index contributed by atoms with van der Waals surface area (Å²) in [6.45, 7) is 1.12. The highest BCUT2D eigenvalue weighted by molar-refractivity contribution is 5.99. The van der Waals surface area contributed by atoms with Crippen molar-refractivity contribution in [3.63, 3.8) is 0 Å². The van der Waals surface area contributed by atoms with Crippen LogP contribution in [0, 0.1) is 15.9 Å². The Labute approximate surface area is 121 Å². The van der Waals surface area contributed by atoms with Crippen LogP contribution >= 0.6 is 0 Å². The number of nitro groups is 1. The Morgan fingerprint density at radius 3 is 2.67 bits per heavy atom. The first-order valence-electron chi connectivity index (χ1n) is 6.24. The number of nitrogens with one attached hydrogen (secondary N) is 2. The largest absolute Gasteiger partial charge is 0.352 e. The molecule has 0 aromatic heterocycles. The number of halogens is 1. The maximum absolute atomic E-state index is 13.5. The molecule has 4 N–H and O–H groups in total. The van der Waals surface area contributed by atoms with Gasteiger partial charge in [-0.05, 0) is 33.1 Å². The maximum Gasteiger partial charge on any atom is 0.285 e. The van der Waals surface area contributed by atoms with Gasteiger partial charge in [0.25, 0.3) is 11.6 Å². The van der Waals surface area contributed by atoms with Crippen molar-refractivity contribution in [2.24, 2.45) is 5.84 Å². The van der Waals surface area contributed by atoms with E-state index in [2.05, 4.69) is 10.7 Å². The molecule has 9 heteroatoms. The molecular formula is C12H18FN5O3. The van der Waals surface area contributed by atoms with Crippen LogP contribution in [0.1, 0.15) is 16.8 Å². The molecule has 21 heavy (non-hydrogen) atoms. The van der Waals surface area contributed by atoms with E-state index in [9.17, 15) is 19.3 Å². The predicted octanol–water partition coefficient (Wildman–Crippen LogP) is 0.701. The third-order valence-corrected chi connectivity index (χ3v) is 2.75. The first-order chi connectivity index (χ1) is 9.86. The van der Waals surface area contributed by atoms with E-state index in [1.165, 1.54) is 0 Å². The number of benzene rings is 1. The number of nitrogen functional groups attached to an aromatic ring is 1. The predicted molar refractivity (Wildman–Crippen MR) is 76.4 cm³/mol. The third kappa shape index (κ3) is 4.65. The van der Waals surface area contributed by atoms with Gasteiger partial charge in [-0.15, -0.1) is 0 Å². The Hall–Kier alpha value is -2.26. The van der Waals surface area contributed by atoms with Crippen LogP contribution in [-0.4, -0.2) is 42.9 Å². The SMILES string of the molecule is CN(C)CCCNC(=O)c1cc(NN)c(F)cc1[N+](=O)[O-]. The number of nitro benzene ring substituents is 1. The molecule has 0 aliphatic carbocycles. The molecule has 0 saturated heterocycles. The molecule has 1 aromatic rings. The number of anilines is 1. The van der Waals surface area contributed by atoms with E-state index in [1.807, 2.05) is 19.0 Å². The first-order valence-corrected chi connectivity index (χ1v) is 6.24. The van der Waals surface area contributed by atoms with Gasteiger partial charge in [-0.3, -0.25) is 20.8 Å². The standard InChI is InChI=1S/C12H18FN5O3/c1-17(2)5-3-4-15-12(19)8-6-10(16-14)9(13)7-11(8)18(20)21/h6-7,16H,3-5,14H2,1-2H3,(H,15,19). The molecule has 0 spiro atoms.